The van der Waals surface area contributed by atoms with E-state index < -0.39 is 12.0 Å². The van der Waals surface area contributed by atoms with E-state index in [1.807, 2.05) is 37.3 Å². The van der Waals surface area contributed by atoms with E-state index in [9.17, 15) is 14.7 Å². The van der Waals surface area contributed by atoms with E-state index in [0.29, 0.717) is 24.3 Å². The maximum Gasteiger partial charge on any atom is 0.326 e. The summed E-state index contributed by atoms with van der Waals surface area (Å²) in [7, 11) is 0. The Hall–Kier alpha value is -2.63. The highest BCUT2D eigenvalue weighted by atomic mass is 16.4. The van der Waals surface area contributed by atoms with Crippen molar-refractivity contribution in [2.75, 3.05) is 0 Å². The van der Waals surface area contributed by atoms with Crippen LogP contribution >= 0.6 is 0 Å². The number of amides is 1. The standard InChI is InChI=1S/C18H21N3O3/c1-2-6-15(18(23)24)20-17(22)14-11-19-21(16(14)12-9-10-12)13-7-4-3-5-8-13/h3-5,7-8,11-12,15H,2,6,9-10H2,1H3,(H,20,22)(H,23,24). The lowest BCUT2D eigenvalue weighted by Gasteiger charge is -2.14. The van der Waals surface area contributed by atoms with Gasteiger partial charge >= 0.3 is 5.97 Å². The average Bonchev–Trinajstić information content (AvgIpc) is 3.33. The van der Waals surface area contributed by atoms with Crippen LogP contribution in [0.15, 0.2) is 36.5 Å². The molecule has 1 atom stereocenters. The highest BCUT2D eigenvalue weighted by Crippen LogP contribution is 2.42. The van der Waals surface area contributed by atoms with Crippen molar-refractivity contribution in [2.45, 2.75) is 44.6 Å². The minimum Gasteiger partial charge on any atom is -0.480 e. The molecule has 1 aliphatic rings. The van der Waals surface area contributed by atoms with Crippen LogP contribution in [-0.4, -0.2) is 32.8 Å². The summed E-state index contributed by atoms with van der Waals surface area (Å²) in [6, 6.07) is 8.80. The first kappa shape index (κ1) is 16.2. The SMILES string of the molecule is CCCC(NC(=O)c1cnn(-c2ccccc2)c1C1CC1)C(=O)O. The van der Waals surface area contributed by atoms with Crippen LogP contribution in [0, 0.1) is 0 Å². The van der Waals surface area contributed by atoms with Gasteiger partial charge in [0.1, 0.15) is 6.04 Å². The summed E-state index contributed by atoms with van der Waals surface area (Å²) in [6.45, 7) is 1.89. The fraction of sp³-hybridized carbons (Fsp3) is 0.389. The number of nitrogens with one attached hydrogen (secondary N) is 1. The lowest BCUT2D eigenvalue weighted by atomic mass is 10.1. The molecule has 1 unspecified atom stereocenters. The Morgan fingerprint density at radius 2 is 2.04 bits per heavy atom. The van der Waals surface area contributed by atoms with E-state index in [1.165, 1.54) is 0 Å². The fourth-order valence-corrected chi connectivity index (χ4v) is 2.84. The molecule has 0 saturated heterocycles. The summed E-state index contributed by atoms with van der Waals surface area (Å²) >= 11 is 0. The normalized spacial score (nSPS) is 15.0. The number of hydrogen-bond donors (Lipinski definition) is 2. The van der Waals surface area contributed by atoms with Crippen molar-refractivity contribution in [3.8, 4) is 5.69 Å². The molecule has 0 aliphatic heterocycles. The number of hydrogen-bond acceptors (Lipinski definition) is 3. The molecule has 6 heteroatoms. The van der Waals surface area contributed by atoms with Crippen molar-refractivity contribution in [2.24, 2.45) is 0 Å². The third-order valence-electron chi connectivity index (χ3n) is 4.20. The lowest BCUT2D eigenvalue weighted by Crippen LogP contribution is -2.40. The number of carbonyl (C=O) groups excluding carboxylic acids is 1. The van der Waals surface area contributed by atoms with Crippen LogP contribution in [0.5, 0.6) is 0 Å². The molecule has 2 aromatic rings. The molecule has 0 bridgehead atoms. The largest absolute Gasteiger partial charge is 0.480 e. The van der Waals surface area contributed by atoms with Gasteiger partial charge in [-0.25, -0.2) is 9.48 Å². The molecule has 1 amide bonds. The molecule has 1 fully saturated rings. The van der Waals surface area contributed by atoms with E-state index in [4.69, 9.17) is 0 Å². The van der Waals surface area contributed by atoms with Gasteiger partial charge in [-0.15, -0.1) is 0 Å². The summed E-state index contributed by atoms with van der Waals surface area (Å²) in [5.74, 6) is -1.06. The first-order valence-electron chi connectivity index (χ1n) is 8.28. The zero-order chi connectivity index (χ0) is 17.1. The molecular weight excluding hydrogens is 306 g/mol. The Morgan fingerprint density at radius 1 is 1.33 bits per heavy atom. The first-order chi connectivity index (χ1) is 11.6. The van der Waals surface area contributed by atoms with E-state index in [2.05, 4.69) is 10.4 Å². The molecule has 2 N–H and O–H groups in total. The molecule has 126 valence electrons. The van der Waals surface area contributed by atoms with Gasteiger partial charge in [0.25, 0.3) is 5.91 Å². The second-order valence-electron chi connectivity index (χ2n) is 6.12. The van der Waals surface area contributed by atoms with Crippen LogP contribution in [0.2, 0.25) is 0 Å². The predicted octanol–water partition coefficient (Wildman–Crippen LogP) is 2.73. The lowest BCUT2D eigenvalue weighted by molar-refractivity contribution is -0.139. The highest BCUT2D eigenvalue weighted by Gasteiger charge is 2.33. The molecule has 0 radical (unpaired) electrons. The summed E-state index contributed by atoms with van der Waals surface area (Å²) < 4.78 is 1.79. The van der Waals surface area contributed by atoms with Gasteiger partial charge in [-0.2, -0.15) is 5.10 Å². The number of rotatable bonds is 7. The molecule has 0 spiro atoms. The Labute approximate surface area is 140 Å². The zero-order valence-electron chi connectivity index (χ0n) is 13.6. The van der Waals surface area contributed by atoms with E-state index in [1.54, 1.807) is 10.9 Å². The molecule has 1 heterocycles. The van der Waals surface area contributed by atoms with Gasteiger partial charge in [0.15, 0.2) is 0 Å². The van der Waals surface area contributed by atoms with Crippen molar-refractivity contribution in [1.29, 1.82) is 0 Å². The second kappa shape index (κ2) is 6.86. The fourth-order valence-electron chi connectivity index (χ4n) is 2.84. The Balaban J connectivity index is 1.90. The second-order valence-corrected chi connectivity index (χ2v) is 6.12. The summed E-state index contributed by atoms with van der Waals surface area (Å²) in [5.41, 5.74) is 2.25. The number of carboxylic acids is 1. The topological polar surface area (TPSA) is 84.2 Å². The van der Waals surface area contributed by atoms with Gasteiger partial charge in [0.05, 0.1) is 23.1 Å². The van der Waals surface area contributed by atoms with E-state index >= 15 is 0 Å². The summed E-state index contributed by atoms with van der Waals surface area (Å²) in [4.78, 5) is 23.9. The Bertz CT molecular complexity index is 735. The van der Waals surface area contributed by atoms with Crippen LogP contribution in [0.25, 0.3) is 5.69 Å². The molecule has 1 saturated carbocycles. The predicted molar refractivity (Wildman–Crippen MR) is 89.3 cm³/mol. The molecule has 1 aliphatic carbocycles. The number of aliphatic carboxylic acids is 1. The minimum absolute atomic E-state index is 0.308. The molecule has 1 aromatic carbocycles. The number of benzene rings is 1. The zero-order valence-corrected chi connectivity index (χ0v) is 13.6. The van der Waals surface area contributed by atoms with Crippen LogP contribution in [0.3, 0.4) is 0 Å². The van der Waals surface area contributed by atoms with Crippen LogP contribution in [0.1, 0.15) is 54.6 Å². The number of nitrogens with zero attached hydrogens (tertiary/aromatic N) is 2. The molecule has 1 aromatic heterocycles. The van der Waals surface area contributed by atoms with E-state index in [0.717, 1.165) is 24.2 Å². The molecular formula is C18H21N3O3. The third-order valence-corrected chi connectivity index (χ3v) is 4.20. The molecule has 3 rings (SSSR count). The van der Waals surface area contributed by atoms with Crippen LogP contribution in [-0.2, 0) is 4.79 Å². The highest BCUT2D eigenvalue weighted by molar-refractivity contribution is 5.97. The van der Waals surface area contributed by atoms with Crippen molar-refractivity contribution < 1.29 is 14.7 Å². The number of carboxylic acid groups (broad SMARTS) is 1. The van der Waals surface area contributed by atoms with Crippen LogP contribution < -0.4 is 5.32 Å². The van der Waals surface area contributed by atoms with Gasteiger partial charge in [-0.05, 0) is 31.4 Å². The quantitative estimate of drug-likeness (QED) is 0.819. The van der Waals surface area contributed by atoms with Gasteiger partial charge in [0, 0.05) is 5.92 Å². The van der Waals surface area contributed by atoms with Gasteiger partial charge in [-0.1, -0.05) is 31.5 Å². The van der Waals surface area contributed by atoms with Crippen molar-refractivity contribution in [3.05, 3.63) is 47.8 Å². The third kappa shape index (κ3) is 3.32. The molecule has 24 heavy (non-hydrogen) atoms. The maximum absolute atomic E-state index is 12.6. The van der Waals surface area contributed by atoms with Crippen molar-refractivity contribution >= 4 is 11.9 Å². The monoisotopic (exact) mass is 327 g/mol. The van der Waals surface area contributed by atoms with Gasteiger partial charge < -0.3 is 10.4 Å². The number of aromatic nitrogens is 2. The average molecular weight is 327 g/mol. The number of para-hydroxylation sites is 1. The first-order valence-corrected chi connectivity index (χ1v) is 8.28. The summed E-state index contributed by atoms with van der Waals surface area (Å²) in [6.07, 6.45) is 4.69. The summed E-state index contributed by atoms with van der Waals surface area (Å²) in [5, 5.41) is 16.2. The van der Waals surface area contributed by atoms with E-state index in [-0.39, 0.29) is 5.91 Å². The van der Waals surface area contributed by atoms with Gasteiger partial charge in [-0.3, -0.25) is 4.79 Å². The Kier molecular flexibility index (Phi) is 4.64. The maximum atomic E-state index is 12.6. The Morgan fingerprint density at radius 3 is 2.62 bits per heavy atom. The molecule has 6 nitrogen and oxygen atoms in total. The minimum atomic E-state index is -1.01. The van der Waals surface area contributed by atoms with Crippen molar-refractivity contribution in [3.63, 3.8) is 0 Å². The van der Waals surface area contributed by atoms with Gasteiger partial charge in [0.2, 0.25) is 0 Å². The van der Waals surface area contributed by atoms with Crippen LogP contribution in [0.4, 0.5) is 0 Å². The number of carbonyl (C=O) groups is 2. The van der Waals surface area contributed by atoms with Crippen molar-refractivity contribution in [1.82, 2.24) is 15.1 Å². The smallest absolute Gasteiger partial charge is 0.326 e.